The van der Waals surface area contributed by atoms with E-state index >= 15 is 0 Å². The monoisotopic (exact) mass is 512 g/mol. The lowest BCUT2D eigenvalue weighted by Gasteiger charge is -2.30. The molecule has 0 amide bonds. The first-order valence-electron chi connectivity index (χ1n) is 12.8. The number of aromatic hydroxyl groups is 4. The van der Waals surface area contributed by atoms with Gasteiger partial charge in [-0.25, -0.2) is 0 Å². The van der Waals surface area contributed by atoms with Crippen molar-refractivity contribution in [3.63, 3.8) is 0 Å². The highest BCUT2D eigenvalue weighted by Crippen LogP contribution is 2.46. The van der Waals surface area contributed by atoms with Gasteiger partial charge in [0.05, 0.1) is 7.11 Å². The van der Waals surface area contributed by atoms with E-state index in [9.17, 15) is 20.4 Å². The summed E-state index contributed by atoms with van der Waals surface area (Å²) in [5, 5.41) is 40.8. The van der Waals surface area contributed by atoms with Crippen molar-refractivity contribution >= 4 is 0 Å². The molecule has 0 unspecified atom stereocenters. The third kappa shape index (κ3) is 5.07. The molecule has 2 atom stereocenters. The Hall–Kier alpha value is -4.32. The highest BCUT2D eigenvalue weighted by atomic mass is 16.5. The molecule has 0 fully saturated rings. The van der Waals surface area contributed by atoms with Gasteiger partial charge in [0.1, 0.15) is 40.6 Å². The summed E-state index contributed by atoms with van der Waals surface area (Å²) in [6.45, 7) is 1.88. The molecule has 0 bridgehead atoms. The van der Waals surface area contributed by atoms with E-state index in [1.54, 1.807) is 43.5 Å². The molecule has 38 heavy (non-hydrogen) atoms. The summed E-state index contributed by atoms with van der Waals surface area (Å²) in [4.78, 5) is 0. The van der Waals surface area contributed by atoms with Crippen molar-refractivity contribution in [2.75, 3.05) is 7.11 Å². The zero-order chi connectivity index (χ0) is 26.8. The third-order valence-electron chi connectivity index (χ3n) is 7.44. The molecule has 196 valence electrons. The minimum Gasteiger partial charge on any atom is -0.508 e. The first kappa shape index (κ1) is 25.3. The second-order valence-electron chi connectivity index (χ2n) is 9.84. The van der Waals surface area contributed by atoms with Crippen LogP contribution in [-0.4, -0.2) is 27.5 Å². The van der Waals surface area contributed by atoms with Crippen LogP contribution >= 0.6 is 0 Å². The Morgan fingerprint density at radius 3 is 2.21 bits per heavy atom. The molecule has 0 aromatic heterocycles. The number of aryl methyl sites for hydroxylation is 2. The molecule has 4 N–H and O–H groups in total. The number of phenols is 4. The van der Waals surface area contributed by atoms with E-state index in [2.05, 4.69) is 6.07 Å². The van der Waals surface area contributed by atoms with Crippen LogP contribution in [0.25, 0.3) is 0 Å². The molecule has 0 saturated carbocycles. The largest absolute Gasteiger partial charge is 0.508 e. The van der Waals surface area contributed by atoms with Crippen LogP contribution in [0.3, 0.4) is 0 Å². The van der Waals surface area contributed by atoms with Crippen LogP contribution in [0.5, 0.6) is 34.5 Å². The average Bonchev–Trinajstić information content (AvgIpc) is 2.93. The molecule has 6 nitrogen and oxygen atoms in total. The minimum absolute atomic E-state index is 0.145. The van der Waals surface area contributed by atoms with Gasteiger partial charge in [-0.3, -0.25) is 0 Å². The molecule has 0 saturated heterocycles. The topological polar surface area (TPSA) is 99.4 Å². The predicted octanol–water partition coefficient (Wildman–Crippen LogP) is 6.66. The van der Waals surface area contributed by atoms with E-state index in [-0.39, 0.29) is 35.0 Å². The van der Waals surface area contributed by atoms with Gasteiger partial charge in [0, 0.05) is 23.1 Å². The first-order valence-corrected chi connectivity index (χ1v) is 12.8. The molecule has 4 aromatic carbocycles. The molecule has 5 rings (SSSR count). The molecule has 0 aliphatic carbocycles. The van der Waals surface area contributed by atoms with Crippen LogP contribution in [-0.2, 0) is 12.8 Å². The summed E-state index contributed by atoms with van der Waals surface area (Å²) in [6.07, 6.45) is 2.76. The van der Waals surface area contributed by atoms with E-state index in [0.717, 1.165) is 40.7 Å². The van der Waals surface area contributed by atoms with Gasteiger partial charge in [-0.2, -0.15) is 0 Å². The summed E-state index contributed by atoms with van der Waals surface area (Å²) in [6, 6.07) is 21.3. The maximum Gasteiger partial charge on any atom is 0.130 e. The second-order valence-corrected chi connectivity index (χ2v) is 9.84. The van der Waals surface area contributed by atoms with Gasteiger partial charge in [-0.1, -0.05) is 30.3 Å². The summed E-state index contributed by atoms with van der Waals surface area (Å²) in [7, 11) is 1.58. The maximum absolute atomic E-state index is 11.4. The van der Waals surface area contributed by atoms with Crippen molar-refractivity contribution in [3.8, 4) is 34.5 Å². The zero-order valence-corrected chi connectivity index (χ0v) is 21.5. The van der Waals surface area contributed by atoms with Crippen LogP contribution in [0.15, 0.2) is 72.8 Å². The fourth-order valence-electron chi connectivity index (χ4n) is 5.36. The van der Waals surface area contributed by atoms with Gasteiger partial charge >= 0.3 is 0 Å². The Morgan fingerprint density at radius 1 is 0.868 bits per heavy atom. The molecule has 4 aromatic rings. The highest BCUT2D eigenvalue weighted by molar-refractivity contribution is 5.57. The van der Waals surface area contributed by atoms with Gasteiger partial charge < -0.3 is 29.9 Å². The van der Waals surface area contributed by atoms with Gasteiger partial charge in [-0.15, -0.1) is 0 Å². The van der Waals surface area contributed by atoms with Crippen LogP contribution in [0.1, 0.15) is 58.2 Å². The number of fused-ring (bicyclic) bond motifs is 1. The molecule has 0 spiro atoms. The normalized spacial score (nSPS) is 15.4. The van der Waals surface area contributed by atoms with Crippen LogP contribution in [0.4, 0.5) is 0 Å². The van der Waals surface area contributed by atoms with Crippen molar-refractivity contribution in [2.24, 2.45) is 0 Å². The highest BCUT2D eigenvalue weighted by Gasteiger charge is 2.28. The lowest BCUT2D eigenvalue weighted by molar-refractivity contribution is 0.174. The summed E-state index contributed by atoms with van der Waals surface area (Å²) >= 11 is 0. The minimum atomic E-state index is -0.151. The molecule has 1 aliphatic heterocycles. The number of hydrogen-bond acceptors (Lipinski definition) is 6. The number of rotatable bonds is 7. The standard InChI is InChI=1S/C32H32O6/c1-19-31(36)28(17-23-9-16-29(38-32(19)23)21-5-12-25(34)13-6-21)27(20-3-10-24(33)11-4-20)15-8-22-7-14-26(35)18-30(22)37-2/h3-7,10-14,17-18,27,29,33-36H,8-9,15-16H2,1-2H3/t27-,29+/m0/s1. The smallest absolute Gasteiger partial charge is 0.130 e. The fraction of sp³-hybridized carbons (Fsp3) is 0.250. The quantitative estimate of drug-likeness (QED) is 0.221. The lowest BCUT2D eigenvalue weighted by atomic mass is 9.82. The fourth-order valence-corrected chi connectivity index (χ4v) is 5.36. The lowest BCUT2D eigenvalue weighted by Crippen LogP contribution is -2.17. The van der Waals surface area contributed by atoms with Crippen molar-refractivity contribution in [1.82, 2.24) is 0 Å². The van der Waals surface area contributed by atoms with Crippen LogP contribution < -0.4 is 9.47 Å². The number of ether oxygens (including phenoxy) is 2. The Kier molecular flexibility index (Phi) is 7.05. The SMILES string of the molecule is COc1cc(O)ccc1CC[C@@H](c1ccc(O)cc1)c1cc2c(c(C)c1O)O[C@@H](c1ccc(O)cc1)CC2. The number of phenolic OH excluding ortho intramolecular Hbond substituents is 4. The summed E-state index contributed by atoms with van der Waals surface area (Å²) < 4.78 is 11.9. The van der Waals surface area contributed by atoms with E-state index in [1.165, 1.54) is 0 Å². The molecular formula is C32H32O6. The van der Waals surface area contributed by atoms with Crippen molar-refractivity contribution in [1.29, 1.82) is 0 Å². The van der Waals surface area contributed by atoms with Crippen LogP contribution in [0.2, 0.25) is 0 Å². The van der Waals surface area contributed by atoms with Crippen molar-refractivity contribution < 1.29 is 29.9 Å². The Balaban J connectivity index is 1.49. The number of methoxy groups -OCH3 is 1. The third-order valence-corrected chi connectivity index (χ3v) is 7.44. The van der Waals surface area contributed by atoms with E-state index in [0.29, 0.717) is 29.9 Å². The molecule has 6 heteroatoms. The van der Waals surface area contributed by atoms with Gasteiger partial charge in [0.25, 0.3) is 0 Å². The average molecular weight is 513 g/mol. The number of hydrogen-bond donors (Lipinski definition) is 4. The second kappa shape index (κ2) is 10.6. The number of benzene rings is 4. The van der Waals surface area contributed by atoms with Gasteiger partial charge in [0.2, 0.25) is 0 Å². The molecule has 0 radical (unpaired) electrons. The maximum atomic E-state index is 11.4. The van der Waals surface area contributed by atoms with Crippen molar-refractivity contribution in [2.45, 2.75) is 44.6 Å². The van der Waals surface area contributed by atoms with Crippen molar-refractivity contribution in [3.05, 3.63) is 106 Å². The van der Waals surface area contributed by atoms with Gasteiger partial charge in [0.15, 0.2) is 0 Å². The van der Waals surface area contributed by atoms with Gasteiger partial charge in [-0.05, 0) is 91.3 Å². The predicted molar refractivity (Wildman–Crippen MR) is 146 cm³/mol. The Labute approximate surface area is 222 Å². The first-order chi connectivity index (χ1) is 18.3. The zero-order valence-electron chi connectivity index (χ0n) is 21.5. The molecule has 1 aliphatic rings. The summed E-state index contributed by atoms with van der Waals surface area (Å²) in [5.41, 5.74) is 5.50. The summed E-state index contributed by atoms with van der Waals surface area (Å²) in [5.74, 6) is 1.93. The van der Waals surface area contributed by atoms with Crippen LogP contribution in [0, 0.1) is 6.92 Å². The molecule has 1 heterocycles. The molecular weight excluding hydrogens is 480 g/mol. The van der Waals surface area contributed by atoms with E-state index < -0.39 is 0 Å². The Morgan fingerprint density at radius 2 is 1.53 bits per heavy atom. The van der Waals surface area contributed by atoms with E-state index in [4.69, 9.17) is 9.47 Å². The Bertz CT molecular complexity index is 1430. The van der Waals surface area contributed by atoms with E-state index in [1.807, 2.05) is 37.3 Å².